The maximum absolute atomic E-state index is 12.6. The predicted molar refractivity (Wildman–Crippen MR) is 115 cm³/mol. The van der Waals surface area contributed by atoms with Gasteiger partial charge >= 0.3 is 0 Å². The number of aromatic nitrogens is 2. The second kappa shape index (κ2) is 8.45. The van der Waals surface area contributed by atoms with Gasteiger partial charge in [-0.15, -0.1) is 0 Å². The molecule has 0 saturated carbocycles. The standard InChI is InChI=1S/C23H23N3O3S/c1-26-20(9-12-25-26)21(27)16-5-7-18(8-6-16)30-19-4-2-3-17(15-19)23(22(24)28)10-13-29-14-11-23/h2-9,12,15H,10-11,13-14H2,1H3,(H2,24,28). The molecule has 0 unspecified atom stereocenters. The van der Waals surface area contributed by atoms with E-state index in [2.05, 4.69) is 5.10 Å². The summed E-state index contributed by atoms with van der Waals surface area (Å²) in [5.41, 5.74) is 7.23. The quantitative estimate of drug-likeness (QED) is 0.617. The maximum Gasteiger partial charge on any atom is 0.228 e. The van der Waals surface area contributed by atoms with Gasteiger partial charge < -0.3 is 10.5 Å². The normalized spacial score (nSPS) is 15.6. The second-order valence-corrected chi connectivity index (χ2v) is 8.53. The highest BCUT2D eigenvalue weighted by molar-refractivity contribution is 7.99. The zero-order chi connectivity index (χ0) is 21.1. The largest absolute Gasteiger partial charge is 0.381 e. The molecular weight excluding hydrogens is 398 g/mol. The fourth-order valence-corrected chi connectivity index (χ4v) is 4.69. The van der Waals surface area contributed by atoms with Gasteiger partial charge in [-0.25, -0.2) is 0 Å². The monoisotopic (exact) mass is 421 g/mol. The molecule has 0 spiro atoms. The second-order valence-electron chi connectivity index (χ2n) is 7.38. The first-order valence-corrected chi connectivity index (χ1v) is 10.6. The first kappa shape index (κ1) is 20.4. The van der Waals surface area contributed by atoms with E-state index in [9.17, 15) is 9.59 Å². The third-order valence-corrected chi connectivity index (χ3v) is 6.61. The van der Waals surface area contributed by atoms with Crippen LogP contribution in [0.15, 0.2) is 70.6 Å². The van der Waals surface area contributed by atoms with Gasteiger partial charge in [0.1, 0.15) is 5.69 Å². The van der Waals surface area contributed by atoms with E-state index >= 15 is 0 Å². The molecule has 1 aliphatic heterocycles. The van der Waals surface area contributed by atoms with Crippen LogP contribution in [0.1, 0.15) is 34.5 Å². The Balaban J connectivity index is 1.54. The van der Waals surface area contributed by atoms with Gasteiger partial charge in [-0.1, -0.05) is 23.9 Å². The summed E-state index contributed by atoms with van der Waals surface area (Å²) in [6.45, 7) is 1.07. The number of nitrogens with two attached hydrogens (primary N) is 1. The van der Waals surface area contributed by atoms with E-state index in [-0.39, 0.29) is 11.7 Å². The Kier molecular flexibility index (Phi) is 5.74. The average molecular weight is 422 g/mol. The van der Waals surface area contributed by atoms with Crippen LogP contribution in [0.5, 0.6) is 0 Å². The summed E-state index contributed by atoms with van der Waals surface area (Å²) in [6.07, 6.45) is 2.81. The average Bonchev–Trinajstić information content (AvgIpc) is 3.20. The maximum atomic E-state index is 12.6. The zero-order valence-corrected chi connectivity index (χ0v) is 17.5. The van der Waals surface area contributed by atoms with Crippen molar-refractivity contribution in [2.75, 3.05) is 13.2 Å². The van der Waals surface area contributed by atoms with Gasteiger partial charge in [0.05, 0.1) is 5.41 Å². The van der Waals surface area contributed by atoms with Crippen LogP contribution in [0.3, 0.4) is 0 Å². The van der Waals surface area contributed by atoms with Gasteiger partial charge in [-0.3, -0.25) is 14.3 Å². The summed E-state index contributed by atoms with van der Waals surface area (Å²) in [5.74, 6) is -0.359. The molecule has 30 heavy (non-hydrogen) atoms. The first-order chi connectivity index (χ1) is 14.5. The highest BCUT2D eigenvalue weighted by Crippen LogP contribution is 2.37. The molecule has 154 valence electrons. The van der Waals surface area contributed by atoms with E-state index in [0.717, 1.165) is 15.4 Å². The molecule has 1 fully saturated rings. The van der Waals surface area contributed by atoms with Crippen molar-refractivity contribution in [1.29, 1.82) is 0 Å². The molecule has 0 atom stereocenters. The van der Waals surface area contributed by atoms with E-state index in [1.807, 2.05) is 48.5 Å². The predicted octanol–water partition coefficient (Wildman–Crippen LogP) is 3.34. The molecule has 2 heterocycles. The molecule has 1 aliphatic rings. The number of benzene rings is 2. The van der Waals surface area contributed by atoms with Crippen molar-refractivity contribution in [3.05, 3.63) is 77.6 Å². The molecule has 7 heteroatoms. The smallest absolute Gasteiger partial charge is 0.228 e. The molecule has 1 amide bonds. The lowest BCUT2D eigenvalue weighted by molar-refractivity contribution is -0.127. The van der Waals surface area contributed by atoms with Crippen LogP contribution in [-0.2, 0) is 22.0 Å². The highest BCUT2D eigenvalue weighted by Gasteiger charge is 2.40. The summed E-state index contributed by atoms with van der Waals surface area (Å²) < 4.78 is 7.01. The van der Waals surface area contributed by atoms with Crippen LogP contribution in [-0.4, -0.2) is 34.7 Å². The molecule has 4 rings (SSSR count). The van der Waals surface area contributed by atoms with Crippen LogP contribution in [0.25, 0.3) is 0 Å². The number of carbonyl (C=O) groups excluding carboxylic acids is 2. The Morgan fingerprint density at radius 2 is 1.80 bits per heavy atom. The van der Waals surface area contributed by atoms with Gasteiger partial charge in [0, 0.05) is 41.8 Å². The fraction of sp³-hybridized carbons (Fsp3) is 0.261. The molecule has 0 radical (unpaired) electrons. The lowest BCUT2D eigenvalue weighted by Gasteiger charge is -2.34. The SMILES string of the molecule is Cn1nccc1C(=O)c1ccc(Sc2cccc(C3(C(N)=O)CCOCC3)c2)cc1. The summed E-state index contributed by atoms with van der Waals surface area (Å²) >= 11 is 1.59. The van der Waals surface area contributed by atoms with E-state index < -0.39 is 5.41 Å². The minimum atomic E-state index is -0.672. The molecule has 1 saturated heterocycles. The van der Waals surface area contributed by atoms with Gasteiger partial charge in [-0.2, -0.15) is 5.10 Å². The van der Waals surface area contributed by atoms with Crippen molar-refractivity contribution in [2.24, 2.45) is 12.8 Å². The van der Waals surface area contributed by atoms with Gasteiger partial charge in [-0.05, 0) is 60.9 Å². The van der Waals surface area contributed by atoms with Gasteiger partial charge in [0.25, 0.3) is 0 Å². The molecule has 2 N–H and O–H groups in total. The number of carbonyl (C=O) groups is 2. The number of hydrogen-bond donors (Lipinski definition) is 1. The summed E-state index contributed by atoms with van der Waals surface area (Å²) in [6, 6.07) is 17.2. The fourth-order valence-electron chi connectivity index (χ4n) is 3.81. The van der Waals surface area contributed by atoms with Crippen molar-refractivity contribution in [3.63, 3.8) is 0 Å². The van der Waals surface area contributed by atoms with E-state index in [1.165, 1.54) is 0 Å². The molecule has 3 aromatic rings. The van der Waals surface area contributed by atoms with Crippen molar-refractivity contribution < 1.29 is 14.3 Å². The first-order valence-electron chi connectivity index (χ1n) is 9.78. The van der Waals surface area contributed by atoms with Crippen LogP contribution < -0.4 is 5.73 Å². The number of primary amides is 1. The van der Waals surface area contributed by atoms with Gasteiger partial charge in [0.15, 0.2) is 0 Å². The minimum absolute atomic E-state index is 0.0588. The van der Waals surface area contributed by atoms with Crippen LogP contribution in [0.2, 0.25) is 0 Å². The summed E-state index contributed by atoms with van der Waals surface area (Å²) in [5, 5.41) is 4.05. The van der Waals surface area contributed by atoms with Crippen LogP contribution in [0.4, 0.5) is 0 Å². The summed E-state index contributed by atoms with van der Waals surface area (Å²) in [7, 11) is 1.75. The van der Waals surface area contributed by atoms with E-state index in [4.69, 9.17) is 10.5 Å². The molecule has 0 aliphatic carbocycles. The number of hydrogen-bond acceptors (Lipinski definition) is 5. The number of amides is 1. The van der Waals surface area contributed by atoms with E-state index in [1.54, 1.807) is 35.8 Å². The van der Waals surface area contributed by atoms with Crippen molar-refractivity contribution in [2.45, 2.75) is 28.0 Å². The molecule has 0 bridgehead atoms. The van der Waals surface area contributed by atoms with E-state index in [0.29, 0.717) is 37.3 Å². The molecule has 1 aromatic heterocycles. The number of nitrogens with zero attached hydrogens (tertiary/aromatic N) is 2. The van der Waals surface area contributed by atoms with Crippen molar-refractivity contribution >= 4 is 23.5 Å². The Bertz CT molecular complexity index is 1070. The van der Waals surface area contributed by atoms with Gasteiger partial charge in [0.2, 0.25) is 11.7 Å². The van der Waals surface area contributed by atoms with Crippen molar-refractivity contribution in [1.82, 2.24) is 9.78 Å². The summed E-state index contributed by atoms with van der Waals surface area (Å²) in [4.78, 5) is 26.9. The zero-order valence-electron chi connectivity index (χ0n) is 16.7. The minimum Gasteiger partial charge on any atom is -0.381 e. The molecule has 2 aromatic carbocycles. The van der Waals surface area contributed by atoms with Crippen molar-refractivity contribution in [3.8, 4) is 0 Å². The topological polar surface area (TPSA) is 87.2 Å². The third kappa shape index (κ3) is 3.91. The number of rotatable bonds is 6. The Hall–Kier alpha value is -2.90. The van der Waals surface area contributed by atoms with Crippen LogP contribution in [0, 0.1) is 0 Å². The lowest BCUT2D eigenvalue weighted by atomic mass is 9.73. The Morgan fingerprint density at radius 3 is 2.43 bits per heavy atom. The Morgan fingerprint density at radius 1 is 1.07 bits per heavy atom. The lowest BCUT2D eigenvalue weighted by Crippen LogP contribution is -2.45. The van der Waals surface area contributed by atoms with Crippen LogP contribution >= 0.6 is 11.8 Å². The number of aryl methyl sites for hydroxylation is 1. The number of ether oxygens (including phenoxy) is 1. The molecular formula is C23H23N3O3S. The highest BCUT2D eigenvalue weighted by atomic mass is 32.2. The molecule has 6 nitrogen and oxygen atoms in total. The third-order valence-electron chi connectivity index (χ3n) is 5.61. The Labute approximate surface area is 179 Å². The number of ketones is 1.